The first-order chi connectivity index (χ1) is 14.1. The summed E-state index contributed by atoms with van der Waals surface area (Å²) in [6.07, 6.45) is 3.62. The van der Waals surface area contributed by atoms with Crippen LogP contribution in [0.15, 0.2) is 67.0 Å². The van der Waals surface area contributed by atoms with E-state index in [1.54, 1.807) is 37.6 Å². The van der Waals surface area contributed by atoms with Crippen LogP contribution in [0.4, 0.5) is 5.69 Å². The first kappa shape index (κ1) is 20.1. The number of anilines is 1. The molecule has 0 unspecified atom stereocenters. The van der Waals surface area contributed by atoms with E-state index in [0.29, 0.717) is 30.1 Å². The van der Waals surface area contributed by atoms with Crippen molar-refractivity contribution in [3.05, 3.63) is 78.1 Å². The summed E-state index contributed by atoms with van der Waals surface area (Å²) < 4.78 is 7.06. The zero-order valence-electron chi connectivity index (χ0n) is 16.5. The van der Waals surface area contributed by atoms with E-state index in [9.17, 15) is 9.59 Å². The zero-order chi connectivity index (χ0) is 20.6. The van der Waals surface area contributed by atoms with Crippen LogP contribution in [0.1, 0.15) is 22.8 Å². The van der Waals surface area contributed by atoms with E-state index in [4.69, 9.17) is 4.74 Å². The number of carbonyl (C=O) groups excluding carboxylic acids is 2. The Kier molecular flexibility index (Phi) is 6.63. The molecule has 0 radical (unpaired) electrons. The Morgan fingerprint density at radius 1 is 1.10 bits per heavy atom. The number of hydrogen-bond donors (Lipinski definition) is 1. The maximum Gasteiger partial charge on any atom is 0.254 e. The topological polar surface area (TPSA) is 76.5 Å². The molecular weight excluding hydrogens is 368 g/mol. The molecule has 3 aromatic rings. The molecule has 29 heavy (non-hydrogen) atoms. The predicted molar refractivity (Wildman–Crippen MR) is 111 cm³/mol. The molecule has 0 fully saturated rings. The molecule has 3 rings (SSSR count). The number of carbonyl (C=O) groups is 2. The average Bonchev–Trinajstić information content (AvgIpc) is 3.25. The van der Waals surface area contributed by atoms with Crippen molar-refractivity contribution < 1.29 is 14.3 Å². The largest absolute Gasteiger partial charge is 0.495 e. The number of methoxy groups -OCH3 is 1. The number of hydrogen-bond acceptors (Lipinski definition) is 4. The van der Waals surface area contributed by atoms with Crippen LogP contribution in [0, 0.1) is 0 Å². The van der Waals surface area contributed by atoms with E-state index in [2.05, 4.69) is 10.4 Å². The third kappa shape index (κ3) is 5.22. The molecule has 1 N–H and O–H groups in total. The predicted octanol–water partition coefficient (Wildman–Crippen LogP) is 3.04. The second kappa shape index (κ2) is 9.54. The van der Waals surface area contributed by atoms with Crippen LogP contribution in [-0.2, 0) is 11.3 Å². The van der Waals surface area contributed by atoms with E-state index in [1.807, 2.05) is 48.1 Å². The fourth-order valence-corrected chi connectivity index (χ4v) is 2.95. The van der Waals surface area contributed by atoms with Gasteiger partial charge in [0.1, 0.15) is 12.3 Å². The van der Waals surface area contributed by atoms with Gasteiger partial charge in [0.2, 0.25) is 5.91 Å². The van der Waals surface area contributed by atoms with Crippen molar-refractivity contribution in [2.45, 2.75) is 13.5 Å². The van der Waals surface area contributed by atoms with Gasteiger partial charge in [-0.15, -0.1) is 0 Å². The fourth-order valence-electron chi connectivity index (χ4n) is 2.95. The van der Waals surface area contributed by atoms with Gasteiger partial charge in [0.05, 0.1) is 19.3 Å². The molecule has 0 aliphatic carbocycles. The maximum absolute atomic E-state index is 12.8. The monoisotopic (exact) mass is 392 g/mol. The Morgan fingerprint density at radius 2 is 1.86 bits per heavy atom. The Morgan fingerprint density at radius 3 is 2.52 bits per heavy atom. The Hall–Kier alpha value is -3.61. The SMILES string of the molecule is CCN(CC(=O)Nc1ccccc1OC)C(=O)c1ccc(Cn2cccn2)cc1. The number of nitrogens with one attached hydrogen (secondary N) is 1. The molecule has 2 aromatic carbocycles. The second-order valence-corrected chi connectivity index (χ2v) is 6.47. The van der Waals surface area contributed by atoms with Crippen molar-refractivity contribution in [1.82, 2.24) is 14.7 Å². The van der Waals surface area contributed by atoms with Gasteiger partial charge in [-0.1, -0.05) is 24.3 Å². The van der Waals surface area contributed by atoms with Crippen molar-refractivity contribution in [3.63, 3.8) is 0 Å². The van der Waals surface area contributed by atoms with Gasteiger partial charge in [-0.05, 0) is 42.8 Å². The standard InChI is InChI=1S/C22H24N4O3/c1-3-25(16-21(27)24-19-7-4-5-8-20(19)29-2)22(28)18-11-9-17(10-12-18)15-26-14-6-13-23-26/h4-14H,3,15-16H2,1-2H3,(H,24,27). The van der Waals surface area contributed by atoms with Crippen LogP contribution >= 0.6 is 0 Å². The highest BCUT2D eigenvalue weighted by Gasteiger charge is 2.18. The first-order valence-electron chi connectivity index (χ1n) is 9.39. The van der Waals surface area contributed by atoms with E-state index >= 15 is 0 Å². The van der Waals surface area contributed by atoms with Crippen LogP contribution in [0.25, 0.3) is 0 Å². The minimum absolute atomic E-state index is 0.0393. The minimum Gasteiger partial charge on any atom is -0.495 e. The Bertz CT molecular complexity index is 952. The maximum atomic E-state index is 12.8. The number of rotatable bonds is 8. The van der Waals surface area contributed by atoms with Gasteiger partial charge in [-0.2, -0.15) is 5.10 Å². The molecule has 1 aromatic heterocycles. The van der Waals surface area contributed by atoms with Gasteiger partial charge in [-0.25, -0.2) is 0 Å². The summed E-state index contributed by atoms with van der Waals surface area (Å²) in [6.45, 7) is 2.87. The Labute approximate surface area is 169 Å². The third-order valence-corrected chi connectivity index (χ3v) is 4.49. The highest BCUT2D eigenvalue weighted by atomic mass is 16.5. The number of nitrogens with zero attached hydrogens (tertiary/aromatic N) is 3. The third-order valence-electron chi connectivity index (χ3n) is 4.49. The molecule has 0 saturated carbocycles. The molecule has 0 saturated heterocycles. The van der Waals surface area contributed by atoms with Gasteiger partial charge in [0, 0.05) is 24.5 Å². The summed E-state index contributed by atoms with van der Waals surface area (Å²) in [5.74, 6) is 0.108. The normalized spacial score (nSPS) is 10.4. The molecule has 2 amide bonds. The molecule has 0 atom stereocenters. The van der Waals surface area contributed by atoms with Crippen LogP contribution in [0.2, 0.25) is 0 Å². The van der Waals surface area contributed by atoms with E-state index in [1.165, 1.54) is 4.90 Å². The van der Waals surface area contributed by atoms with E-state index in [0.717, 1.165) is 5.56 Å². The average molecular weight is 392 g/mol. The highest BCUT2D eigenvalue weighted by Crippen LogP contribution is 2.22. The quantitative estimate of drug-likeness (QED) is 0.639. The van der Waals surface area contributed by atoms with Crippen LogP contribution < -0.4 is 10.1 Å². The van der Waals surface area contributed by atoms with Crippen molar-refractivity contribution in [2.75, 3.05) is 25.5 Å². The van der Waals surface area contributed by atoms with Crippen molar-refractivity contribution in [3.8, 4) is 5.75 Å². The molecule has 0 spiro atoms. The lowest BCUT2D eigenvalue weighted by Crippen LogP contribution is -2.37. The molecule has 7 heteroatoms. The number of para-hydroxylation sites is 2. The van der Waals surface area contributed by atoms with Crippen LogP contribution in [-0.4, -0.2) is 46.7 Å². The van der Waals surface area contributed by atoms with Crippen molar-refractivity contribution >= 4 is 17.5 Å². The summed E-state index contributed by atoms with van der Waals surface area (Å²) in [4.78, 5) is 26.8. The molecule has 150 valence electrons. The summed E-state index contributed by atoms with van der Waals surface area (Å²) in [5, 5.41) is 6.98. The minimum atomic E-state index is -0.278. The summed E-state index contributed by atoms with van der Waals surface area (Å²) in [6, 6.07) is 16.4. The summed E-state index contributed by atoms with van der Waals surface area (Å²) >= 11 is 0. The number of ether oxygens (including phenoxy) is 1. The van der Waals surface area contributed by atoms with Crippen molar-refractivity contribution in [2.24, 2.45) is 0 Å². The van der Waals surface area contributed by atoms with E-state index in [-0.39, 0.29) is 18.4 Å². The second-order valence-electron chi connectivity index (χ2n) is 6.47. The van der Waals surface area contributed by atoms with Gasteiger partial charge in [0.25, 0.3) is 5.91 Å². The van der Waals surface area contributed by atoms with E-state index < -0.39 is 0 Å². The molecular formula is C22H24N4O3. The zero-order valence-corrected chi connectivity index (χ0v) is 16.5. The summed E-state index contributed by atoms with van der Waals surface area (Å²) in [7, 11) is 1.54. The van der Waals surface area contributed by atoms with Gasteiger partial charge >= 0.3 is 0 Å². The van der Waals surface area contributed by atoms with Crippen LogP contribution in [0.3, 0.4) is 0 Å². The molecule has 7 nitrogen and oxygen atoms in total. The lowest BCUT2D eigenvalue weighted by atomic mass is 10.1. The lowest BCUT2D eigenvalue weighted by molar-refractivity contribution is -0.116. The number of amides is 2. The van der Waals surface area contributed by atoms with Gasteiger partial charge in [0.15, 0.2) is 0 Å². The fraction of sp³-hybridized carbons (Fsp3) is 0.227. The van der Waals surface area contributed by atoms with Gasteiger partial charge in [-0.3, -0.25) is 14.3 Å². The van der Waals surface area contributed by atoms with Crippen molar-refractivity contribution in [1.29, 1.82) is 0 Å². The molecule has 0 aliphatic rings. The lowest BCUT2D eigenvalue weighted by Gasteiger charge is -2.21. The number of aromatic nitrogens is 2. The smallest absolute Gasteiger partial charge is 0.254 e. The number of benzene rings is 2. The highest BCUT2D eigenvalue weighted by molar-refractivity contribution is 5.99. The van der Waals surface area contributed by atoms with Crippen LogP contribution in [0.5, 0.6) is 5.75 Å². The molecule has 0 aliphatic heterocycles. The molecule has 0 bridgehead atoms. The number of likely N-dealkylation sites (N-methyl/N-ethyl adjacent to an activating group) is 1. The Balaban J connectivity index is 1.62. The summed E-state index contributed by atoms with van der Waals surface area (Å²) in [5.41, 5.74) is 2.16. The molecule has 1 heterocycles. The van der Waals surface area contributed by atoms with Gasteiger partial charge < -0.3 is 15.0 Å². The first-order valence-corrected chi connectivity index (χ1v) is 9.39.